The van der Waals surface area contributed by atoms with Crippen LogP contribution in [0.2, 0.25) is 0 Å². The predicted molar refractivity (Wildman–Crippen MR) is 264 cm³/mol. The molecule has 0 N–H and O–H groups in total. The van der Waals surface area contributed by atoms with E-state index >= 15 is 0 Å². The lowest BCUT2D eigenvalue weighted by atomic mass is 9.87. The van der Waals surface area contributed by atoms with Crippen molar-refractivity contribution >= 4 is 59.7 Å². The number of hydrogen-bond donors (Lipinski definition) is 0. The van der Waals surface area contributed by atoms with E-state index in [0.29, 0.717) is 31.1 Å². The molecule has 0 aromatic rings. The Kier molecular flexibility index (Phi) is 17.4. The van der Waals surface area contributed by atoms with Gasteiger partial charge in [0, 0.05) is 41.9 Å². The first kappa shape index (κ1) is 57.9. The Morgan fingerprint density at radius 1 is 0.494 bits per heavy atom. The van der Waals surface area contributed by atoms with Crippen molar-refractivity contribution in [3.8, 4) is 0 Å². The highest BCUT2D eigenvalue weighted by Crippen LogP contribution is 2.57. The Morgan fingerprint density at radius 2 is 0.909 bits per heavy atom. The number of carbonyl (C=O) groups excluding carboxylic acids is 10. The zero-order valence-electron chi connectivity index (χ0n) is 46.3. The zero-order chi connectivity index (χ0) is 56.0. The van der Waals surface area contributed by atoms with Gasteiger partial charge >= 0.3 is 59.7 Å². The molecule has 0 aromatic heterocycles. The molecule has 4 heterocycles. The van der Waals surface area contributed by atoms with Crippen LogP contribution in [-0.4, -0.2) is 122 Å². The molecule has 20 nitrogen and oxygen atoms in total. The predicted octanol–water partition coefficient (Wildman–Crippen LogP) is 6.11. The topological polar surface area (TPSA) is 263 Å². The van der Waals surface area contributed by atoms with Crippen LogP contribution in [0.15, 0.2) is 0 Å². The second-order valence-corrected chi connectivity index (χ2v) is 24.7. The molecule has 20 heteroatoms. The van der Waals surface area contributed by atoms with Crippen LogP contribution in [0.5, 0.6) is 0 Å². The van der Waals surface area contributed by atoms with Crippen molar-refractivity contribution in [1.29, 1.82) is 0 Å². The van der Waals surface area contributed by atoms with Gasteiger partial charge in [-0.2, -0.15) is 0 Å². The van der Waals surface area contributed by atoms with Crippen molar-refractivity contribution < 1.29 is 95.3 Å². The van der Waals surface area contributed by atoms with Gasteiger partial charge < -0.3 is 47.4 Å². The van der Waals surface area contributed by atoms with Gasteiger partial charge in [-0.25, -0.2) is 9.59 Å². The minimum Gasteiger partial charge on any atom is -0.458 e. The molecule has 0 radical (unpaired) electrons. The number of fused-ring (bicyclic) bond motifs is 5. The highest BCUT2D eigenvalue weighted by molar-refractivity contribution is 5.82. The number of rotatable bonds is 16. The van der Waals surface area contributed by atoms with Crippen molar-refractivity contribution in [2.75, 3.05) is 13.2 Å². The van der Waals surface area contributed by atoms with Crippen molar-refractivity contribution in [1.82, 2.24) is 0 Å². The van der Waals surface area contributed by atoms with Crippen molar-refractivity contribution in [2.45, 2.75) is 202 Å². The van der Waals surface area contributed by atoms with Crippen LogP contribution in [0.3, 0.4) is 0 Å². The maximum Gasteiger partial charge on any atom is 0.344 e. The Morgan fingerprint density at radius 3 is 1.35 bits per heavy atom. The van der Waals surface area contributed by atoms with Crippen molar-refractivity contribution in [3.63, 3.8) is 0 Å². The van der Waals surface area contributed by atoms with Crippen LogP contribution in [0, 0.1) is 81.8 Å². The molecule has 0 amide bonds. The Bertz CT molecular complexity index is 2310. The Hall–Kier alpha value is -5.30. The van der Waals surface area contributed by atoms with Gasteiger partial charge in [-0.3, -0.25) is 38.4 Å². The summed E-state index contributed by atoms with van der Waals surface area (Å²) in [5.74, 6) is -1.54. The minimum atomic E-state index is -0.610. The molecule has 0 aromatic carbocycles. The molecule has 4 aliphatic heterocycles. The number of carbonyl (C=O) groups is 10. The van der Waals surface area contributed by atoms with Gasteiger partial charge in [0.1, 0.15) is 48.8 Å². The van der Waals surface area contributed by atoms with Crippen LogP contribution in [0.4, 0.5) is 0 Å². The van der Waals surface area contributed by atoms with E-state index in [0.717, 1.165) is 64.2 Å². The van der Waals surface area contributed by atoms with E-state index in [4.69, 9.17) is 47.4 Å². The maximum absolute atomic E-state index is 12.0. The quantitative estimate of drug-likeness (QED) is 0.125. The molecule has 8 bridgehead atoms. The molecule has 77 heavy (non-hydrogen) atoms. The summed E-state index contributed by atoms with van der Waals surface area (Å²) in [6.45, 7) is 17.9. The Labute approximate surface area is 450 Å². The third-order valence-corrected chi connectivity index (χ3v) is 19.2. The van der Waals surface area contributed by atoms with Crippen molar-refractivity contribution in [3.05, 3.63) is 0 Å². The maximum atomic E-state index is 12.0. The summed E-state index contributed by atoms with van der Waals surface area (Å²) < 4.78 is 53.1. The third kappa shape index (κ3) is 11.9. The van der Waals surface area contributed by atoms with E-state index in [-0.39, 0.29) is 157 Å². The van der Waals surface area contributed by atoms with E-state index in [9.17, 15) is 47.9 Å². The van der Waals surface area contributed by atoms with Gasteiger partial charge in [0.05, 0.1) is 46.3 Å². The van der Waals surface area contributed by atoms with E-state index in [1.165, 1.54) is 0 Å². The second kappa shape index (κ2) is 23.2. The first-order valence-corrected chi connectivity index (χ1v) is 28.4. The summed E-state index contributed by atoms with van der Waals surface area (Å²) >= 11 is 0. The normalized spacial score (nSPS) is 37.0. The molecular weight excluding hydrogens is 1000 g/mol. The summed E-state index contributed by atoms with van der Waals surface area (Å²) in [5, 5.41) is 0. The number of hydrogen-bond acceptors (Lipinski definition) is 20. The first-order chi connectivity index (χ1) is 36.4. The third-order valence-electron chi connectivity index (χ3n) is 19.2. The molecule has 11 fully saturated rings. The monoisotopic (exact) mass is 1080 g/mol. The van der Waals surface area contributed by atoms with Gasteiger partial charge in [0.25, 0.3) is 0 Å². The SMILES string of the molecule is CCC(C)(C)C(=O)OC1CCC2CC1OC2=O.CCC(C)(C)C(=O)OCC(=O)OC1C2CC3C(=O)OC1C3C2.CCC(C)C(=O)OC1C2CC3C(=O)OC1C3C2.CCC(C)C(=O)OCC(=O)OC1C2CC3C(=O)OC1C3C2. The molecule has 428 valence electrons. The summed E-state index contributed by atoms with van der Waals surface area (Å²) in [6.07, 6.45) is 8.00. The number of esters is 10. The average Bonchev–Trinajstić information content (AvgIpc) is 4.37. The fourth-order valence-electron chi connectivity index (χ4n) is 13.1. The van der Waals surface area contributed by atoms with Gasteiger partial charge in [-0.1, -0.05) is 41.5 Å². The van der Waals surface area contributed by atoms with Gasteiger partial charge in [-0.05, 0) is 105 Å². The van der Waals surface area contributed by atoms with Gasteiger partial charge in [0.15, 0.2) is 13.2 Å². The molecule has 0 spiro atoms. The first-order valence-electron chi connectivity index (χ1n) is 28.4. The lowest BCUT2D eigenvalue weighted by Gasteiger charge is -2.29. The van der Waals surface area contributed by atoms with E-state index < -0.39 is 34.7 Å². The van der Waals surface area contributed by atoms with Crippen LogP contribution < -0.4 is 0 Å². The molecule has 4 saturated heterocycles. The molecule has 7 aliphatic carbocycles. The van der Waals surface area contributed by atoms with E-state index in [1.54, 1.807) is 20.8 Å². The van der Waals surface area contributed by atoms with Gasteiger partial charge in [0.2, 0.25) is 0 Å². The van der Waals surface area contributed by atoms with Crippen LogP contribution in [-0.2, 0) is 95.3 Å². The summed E-state index contributed by atoms with van der Waals surface area (Å²) in [4.78, 5) is 117. The van der Waals surface area contributed by atoms with Crippen LogP contribution >= 0.6 is 0 Å². The smallest absolute Gasteiger partial charge is 0.344 e. The van der Waals surface area contributed by atoms with Crippen molar-refractivity contribution in [2.24, 2.45) is 81.8 Å². The lowest BCUT2D eigenvalue weighted by molar-refractivity contribution is -0.172. The Balaban J connectivity index is 0.000000137. The standard InChI is InChI=1S/C16H22O6.C15H20O6.C13H18O4.C13H20O4/c1-4-16(2,3)15(19)20-7-11(17)21-12-8-5-9-10(6-8)14(18)22-13(9)12;1-3-7(2)14(17)19-6-11(16)20-12-8-4-9-10(5-8)15(18)21-13(9)12;1-3-6(2)12(14)16-10-7-4-8-9(5-7)13(15)17-11(8)10;1-4-13(2,3)12(15)17-9-6-5-8-7-10(9)16-11(8)14/h8-10,12-13H,4-7H2,1-3H3;7-10,12-13H,3-6H2,1-2H3;6-11H,3-5H2,1-2H3;8-10H,4-7H2,1-3H3. The second-order valence-electron chi connectivity index (χ2n) is 24.7. The molecule has 20 unspecified atom stereocenters. The van der Waals surface area contributed by atoms with E-state index in [1.807, 2.05) is 48.5 Å². The fraction of sp³-hybridized carbons (Fsp3) is 0.825. The fourth-order valence-corrected chi connectivity index (χ4v) is 13.1. The largest absolute Gasteiger partial charge is 0.458 e. The van der Waals surface area contributed by atoms with Crippen LogP contribution in [0.25, 0.3) is 0 Å². The van der Waals surface area contributed by atoms with Gasteiger partial charge in [-0.15, -0.1) is 0 Å². The minimum absolute atomic E-state index is 0.00168. The lowest BCUT2D eigenvalue weighted by Crippen LogP contribution is -2.37. The highest BCUT2D eigenvalue weighted by Gasteiger charge is 2.65. The number of ether oxygens (including phenoxy) is 10. The molecule has 7 saturated carbocycles. The highest BCUT2D eigenvalue weighted by atomic mass is 16.6. The molecule has 11 aliphatic rings. The molecular formula is C57H80O20. The zero-order valence-corrected chi connectivity index (χ0v) is 46.3. The molecule has 20 atom stereocenters. The summed E-state index contributed by atoms with van der Waals surface area (Å²) in [7, 11) is 0. The summed E-state index contributed by atoms with van der Waals surface area (Å²) in [6, 6.07) is 0. The van der Waals surface area contributed by atoms with E-state index in [2.05, 4.69) is 0 Å². The summed E-state index contributed by atoms with van der Waals surface area (Å²) in [5.41, 5.74) is -1.07. The molecule has 11 rings (SSSR count). The van der Waals surface area contributed by atoms with Crippen LogP contribution in [0.1, 0.15) is 153 Å². The average molecular weight is 1090 g/mol.